The van der Waals surface area contributed by atoms with E-state index in [2.05, 4.69) is 5.32 Å². The molecule has 0 aromatic heterocycles. The fourth-order valence-electron chi connectivity index (χ4n) is 5.71. The van der Waals surface area contributed by atoms with Gasteiger partial charge >= 0.3 is 51.4 Å². The predicted octanol–water partition coefficient (Wildman–Crippen LogP) is 1.93. The van der Waals surface area contributed by atoms with Crippen LogP contribution in [-0.4, -0.2) is 40.4 Å². The third-order valence-electron chi connectivity index (χ3n) is 7.05. The van der Waals surface area contributed by atoms with Gasteiger partial charge in [0, 0.05) is 24.6 Å². The summed E-state index contributed by atoms with van der Waals surface area (Å²) in [5.74, 6) is -0.829. The van der Waals surface area contributed by atoms with E-state index in [0.29, 0.717) is 5.92 Å². The second kappa shape index (κ2) is 12.0. The van der Waals surface area contributed by atoms with Crippen LogP contribution in [0.1, 0.15) is 69.9 Å². The van der Waals surface area contributed by atoms with Crippen LogP contribution in [0.3, 0.4) is 0 Å². The molecule has 3 aliphatic carbocycles. The van der Waals surface area contributed by atoms with Gasteiger partial charge in [0.25, 0.3) is 0 Å². The van der Waals surface area contributed by atoms with E-state index < -0.39 is 17.6 Å². The minimum atomic E-state index is -0.832. The number of hydrogen-bond acceptors (Lipinski definition) is 5. The van der Waals surface area contributed by atoms with Crippen LogP contribution in [0.25, 0.3) is 0 Å². The van der Waals surface area contributed by atoms with Gasteiger partial charge in [0.1, 0.15) is 0 Å². The number of aromatic hydroxyl groups is 1. The first-order chi connectivity index (χ1) is 14.6. The van der Waals surface area contributed by atoms with Crippen molar-refractivity contribution in [2.75, 3.05) is 7.05 Å². The summed E-state index contributed by atoms with van der Waals surface area (Å²) < 4.78 is 14.5. The summed E-state index contributed by atoms with van der Waals surface area (Å²) in [5, 5.41) is 34.7. The molecule has 4 rings (SSSR count). The number of nitrogens with one attached hydrogen (secondary N) is 1. The van der Waals surface area contributed by atoms with Gasteiger partial charge in [-0.3, -0.25) is 4.79 Å². The van der Waals surface area contributed by atoms with E-state index in [1.54, 1.807) is 0 Å². The Kier molecular flexibility index (Phi) is 10.8. The molecule has 0 radical (unpaired) electrons. The zero-order valence-electron chi connectivity index (χ0n) is 18.8. The molecule has 1 aromatic carbocycles. The number of hydrogen-bond donors (Lipinski definition) is 3. The number of aliphatic hydroxyl groups excluding tert-OH is 1. The molecular weight excluding hydrogens is 485 g/mol. The number of carbonyl (C=O) groups is 1. The van der Waals surface area contributed by atoms with Gasteiger partial charge in [0.2, 0.25) is 5.91 Å². The molecule has 0 aliphatic heterocycles. The quantitative estimate of drug-likeness (QED) is 0.324. The van der Waals surface area contributed by atoms with Crippen molar-refractivity contribution in [2.45, 2.75) is 76.5 Å². The van der Waals surface area contributed by atoms with Crippen molar-refractivity contribution >= 4 is 29.1 Å². The molecule has 3 unspecified atom stereocenters. The van der Waals surface area contributed by atoms with Crippen LogP contribution in [0.5, 0.6) is 5.75 Å². The van der Waals surface area contributed by atoms with Crippen LogP contribution in [0.15, 0.2) is 6.07 Å². The molecule has 0 heterocycles. The number of phenolic OH excluding ortho intramolecular Hbond substituents is 1. The molecule has 2 bridgehead atoms. The van der Waals surface area contributed by atoms with Gasteiger partial charge in [-0.25, -0.2) is 4.39 Å². The van der Waals surface area contributed by atoms with Crippen molar-refractivity contribution in [3.8, 4) is 5.75 Å². The SMILES string of the molecule is CC(=O)NC1CCCC1O.CN([O-])C(c1c(F)c(O)cc(Cl)c1Cl)C12CCC(CC1)C2.[K+]. The van der Waals surface area contributed by atoms with Gasteiger partial charge < -0.3 is 25.8 Å². The monoisotopic (exact) mass is 514 g/mol. The van der Waals surface area contributed by atoms with Gasteiger partial charge in [0.05, 0.1) is 22.2 Å². The molecule has 0 spiro atoms. The van der Waals surface area contributed by atoms with E-state index in [1.165, 1.54) is 14.0 Å². The molecule has 174 valence electrons. The summed E-state index contributed by atoms with van der Waals surface area (Å²) in [5.41, 5.74) is -0.218. The van der Waals surface area contributed by atoms with Crippen LogP contribution in [0, 0.1) is 22.4 Å². The molecule has 0 saturated heterocycles. The Balaban J connectivity index is 0.000000280. The molecule has 10 heteroatoms. The number of rotatable bonds is 4. The van der Waals surface area contributed by atoms with Gasteiger partial charge in [-0.05, 0) is 69.7 Å². The summed E-state index contributed by atoms with van der Waals surface area (Å²) in [6.07, 6.45) is 7.26. The smallest absolute Gasteiger partial charge is 0.785 e. The molecule has 3 atom stereocenters. The van der Waals surface area contributed by atoms with Crippen LogP contribution in [0.2, 0.25) is 10.0 Å². The number of aliphatic hydroxyl groups is 1. The average molecular weight is 515 g/mol. The number of benzene rings is 1. The normalized spacial score (nSPS) is 29.3. The van der Waals surface area contributed by atoms with Gasteiger partial charge in [-0.15, -0.1) is 0 Å². The summed E-state index contributed by atoms with van der Waals surface area (Å²) in [6, 6.07) is 0.383. The molecule has 32 heavy (non-hydrogen) atoms. The first-order valence-electron chi connectivity index (χ1n) is 10.8. The van der Waals surface area contributed by atoms with E-state index in [0.717, 1.165) is 62.5 Å². The number of carbonyl (C=O) groups excluding carboxylic acids is 1. The van der Waals surface area contributed by atoms with Crippen LogP contribution >= 0.6 is 23.2 Å². The van der Waals surface area contributed by atoms with Crippen molar-refractivity contribution in [1.82, 2.24) is 10.4 Å². The topological polar surface area (TPSA) is 95.9 Å². The van der Waals surface area contributed by atoms with Crippen molar-refractivity contribution in [3.63, 3.8) is 0 Å². The summed E-state index contributed by atoms with van der Waals surface area (Å²) in [6.45, 7) is 1.48. The molecule has 3 aliphatic rings. The number of hydroxylamine groups is 2. The van der Waals surface area contributed by atoms with Gasteiger partial charge in [0.15, 0.2) is 11.6 Å². The summed E-state index contributed by atoms with van der Waals surface area (Å²) >= 11 is 12.1. The Hall–Kier alpha value is 0.516. The third kappa shape index (κ3) is 6.19. The second-order valence-electron chi connectivity index (χ2n) is 9.18. The predicted molar refractivity (Wildman–Crippen MR) is 118 cm³/mol. The number of amides is 1. The standard InChI is InChI=1S/C15H17Cl2FNO2.C7H13NO2.K/c1-19(21)14(15-4-2-8(7-15)3-5-15)11-12(17)9(16)6-10(20)13(11)18;1-5(9)8-6-3-2-4-7(6)10;/h6,8,14,20H,2-5,7H2,1H3;6-7,10H,2-4H2,1H3,(H,8,9);/q-1;;+1. The fraction of sp³-hybridized carbons (Fsp3) is 0.682. The van der Waals surface area contributed by atoms with Crippen molar-refractivity contribution < 1.29 is 70.8 Å². The van der Waals surface area contributed by atoms with Crippen molar-refractivity contribution in [3.05, 3.63) is 32.7 Å². The fourth-order valence-corrected chi connectivity index (χ4v) is 6.16. The molecule has 3 N–H and O–H groups in total. The molecule has 6 nitrogen and oxygen atoms in total. The van der Waals surface area contributed by atoms with Crippen LogP contribution in [-0.2, 0) is 4.79 Å². The Labute approximate surface area is 241 Å². The molecule has 3 saturated carbocycles. The van der Waals surface area contributed by atoms with Crippen LogP contribution < -0.4 is 56.7 Å². The second-order valence-corrected chi connectivity index (χ2v) is 9.97. The number of nitrogens with zero attached hydrogens (tertiary/aromatic N) is 1. The first-order valence-corrected chi connectivity index (χ1v) is 11.5. The van der Waals surface area contributed by atoms with Crippen LogP contribution in [0.4, 0.5) is 4.39 Å². The molecule has 1 amide bonds. The summed E-state index contributed by atoms with van der Waals surface area (Å²) in [4.78, 5) is 10.5. The van der Waals surface area contributed by atoms with E-state index in [9.17, 15) is 24.6 Å². The zero-order valence-corrected chi connectivity index (χ0v) is 23.5. The molecule has 1 aromatic rings. The zero-order chi connectivity index (χ0) is 22.9. The average Bonchev–Trinajstić information content (AvgIpc) is 3.40. The largest absolute Gasteiger partial charge is 1.00 e. The summed E-state index contributed by atoms with van der Waals surface area (Å²) in [7, 11) is 1.39. The maximum absolute atomic E-state index is 14.5. The van der Waals surface area contributed by atoms with E-state index in [4.69, 9.17) is 23.2 Å². The maximum Gasteiger partial charge on any atom is 1.00 e. The Morgan fingerprint density at radius 3 is 2.38 bits per heavy atom. The molecular formula is C22H30Cl2FKN2O4. The van der Waals surface area contributed by atoms with Crippen molar-refractivity contribution in [1.29, 1.82) is 0 Å². The minimum absolute atomic E-state index is 0. The van der Waals surface area contributed by atoms with E-state index in [1.807, 2.05) is 0 Å². The Morgan fingerprint density at radius 2 is 1.94 bits per heavy atom. The minimum Gasteiger partial charge on any atom is -0.785 e. The Morgan fingerprint density at radius 1 is 1.31 bits per heavy atom. The number of halogens is 3. The number of phenols is 1. The first kappa shape index (κ1) is 28.8. The maximum atomic E-state index is 14.5. The van der Waals surface area contributed by atoms with E-state index in [-0.39, 0.29) is 90.5 Å². The molecule has 3 fully saturated rings. The van der Waals surface area contributed by atoms with Gasteiger partial charge in [-0.1, -0.05) is 23.2 Å². The van der Waals surface area contributed by atoms with Gasteiger partial charge in [-0.2, -0.15) is 0 Å². The Bertz CT molecular complexity index is 795. The van der Waals surface area contributed by atoms with Crippen molar-refractivity contribution in [2.24, 2.45) is 11.3 Å². The number of fused-ring (bicyclic) bond motifs is 2. The third-order valence-corrected chi connectivity index (χ3v) is 7.85. The van der Waals surface area contributed by atoms with E-state index >= 15 is 0 Å².